The summed E-state index contributed by atoms with van der Waals surface area (Å²) in [5.41, 5.74) is 4.34. The minimum atomic E-state index is 0.995. The Labute approximate surface area is 124 Å². The van der Waals surface area contributed by atoms with E-state index in [0.29, 0.717) is 0 Å². The van der Waals surface area contributed by atoms with Crippen LogP contribution in [0.1, 0.15) is 31.4 Å². The van der Waals surface area contributed by atoms with Crippen molar-refractivity contribution < 1.29 is 0 Å². The number of likely N-dealkylation sites (N-methyl/N-ethyl adjacent to an activating group) is 1. The first kappa shape index (κ1) is 15.3. The number of nitrogens with zero attached hydrogens (tertiary/aromatic N) is 2. The van der Waals surface area contributed by atoms with E-state index in [4.69, 9.17) is 0 Å². The number of hydrogen-bond acceptors (Lipinski definition) is 3. The number of anilines is 1. The lowest BCUT2D eigenvalue weighted by molar-refractivity contribution is 0.298. The summed E-state index contributed by atoms with van der Waals surface area (Å²) in [6, 6.07) is 6.91. The minimum absolute atomic E-state index is 0.995. The van der Waals surface area contributed by atoms with Crippen LogP contribution in [0.2, 0.25) is 0 Å². The maximum atomic E-state index is 3.57. The van der Waals surface area contributed by atoms with Crippen molar-refractivity contribution in [2.75, 3.05) is 44.7 Å². The second kappa shape index (κ2) is 7.65. The lowest BCUT2D eigenvalue weighted by atomic mass is 10.1. The molecule has 1 heterocycles. The third-order valence-corrected chi connectivity index (χ3v) is 4.32. The van der Waals surface area contributed by atoms with Gasteiger partial charge in [0.15, 0.2) is 0 Å². The molecular weight excluding hydrogens is 246 g/mol. The van der Waals surface area contributed by atoms with Gasteiger partial charge in [-0.25, -0.2) is 0 Å². The molecule has 112 valence electrons. The van der Waals surface area contributed by atoms with Gasteiger partial charge in [0.2, 0.25) is 0 Å². The Balaban J connectivity index is 1.70. The average Bonchev–Trinajstić information content (AvgIpc) is 2.84. The molecule has 20 heavy (non-hydrogen) atoms. The molecule has 0 radical (unpaired) electrons. The highest BCUT2D eigenvalue weighted by atomic mass is 15.1. The fraction of sp³-hybridized carbons (Fsp3) is 0.647. The smallest absolute Gasteiger partial charge is 0.0397 e. The summed E-state index contributed by atoms with van der Waals surface area (Å²) in [7, 11) is 2.18. The Hall–Kier alpha value is -1.06. The van der Waals surface area contributed by atoms with Gasteiger partial charge in [-0.05, 0) is 56.2 Å². The zero-order valence-corrected chi connectivity index (χ0v) is 13.3. The van der Waals surface area contributed by atoms with E-state index in [9.17, 15) is 0 Å². The topological polar surface area (TPSA) is 18.5 Å². The van der Waals surface area contributed by atoms with Crippen LogP contribution in [0.4, 0.5) is 5.69 Å². The van der Waals surface area contributed by atoms with Crippen LogP contribution in [-0.4, -0.2) is 44.7 Å². The van der Waals surface area contributed by atoms with E-state index >= 15 is 0 Å². The molecule has 1 N–H and O–H groups in total. The standard InChI is InChI=1S/C17H29N3/c1-4-20(5-2)11-6-10-18-14-15-7-8-17-16(13-15)9-12-19(17)3/h7-8,13,18H,4-6,9-12,14H2,1-3H3. The summed E-state index contributed by atoms with van der Waals surface area (Å²) in [5.74, 6) is 0. The second-order valence-corrected chi connectivity index (χ2v) is 5.69. The normalized spacial score (nSPS) is 14.1. The van der Waals surface area contributed by atoms with Crippen molar-refractivity contribution in [1.29, 1.82) is 0 Å². The maximum absolute atomic E-state index is 3.57. The Morgan fingerprint density at radius 3 is 2.80 bits per heavy atom. The van der Waals surface area contributed by atoms with Crippen LogP contribution in [-0.2, 0) is 13.0 Å². The number of fused-ring (bicyclic) bond motifs is 1. The number of benzene rings is 1. The molecule has 0 bridgehead atoms. The predicted molar refractivity (Wildman–Crippen MR) is 87.5 cm³/mol. The highest BCUT2D eigenvalue weighted by molar-refractivity contribution is 5.58. The number of nitrogens with one attached hydrogen (secondary N) is 1. The molecule has 1 aromatic rings. The monoisotopic (exact) mass is 275 g/mol. The maximum Gasteiger partial charge on any atom is 0.0397 e. The SMILES string of the molecule is CCN(CC)CCCNCc1ccc2c(c1)CCN2C. The third kappa shape index (κ3) is 3.97. The molecule has 0 atom stereocenters. The lowest BCUT2D eigenvalue weighted by Crippen LogP contribution is -2.27. The van der Waals surface area contributed by atoms with Crippen molar-refractivity contribution in [1.82, 2.24) is 10.2 Å². The van der Waals surface area contributed by atoms with Crippen molar-refractivity contribution >= 4 is 5.69 Å². The van der Waals surface area contributed by atoms with Crippen LogP contribution in [0.3, 0.4) is 0 Å². The second-order valence-electron chi connectivity index (χ2n) is 5.69. The van der Waals surface area contributed by atoms with Gasteiger partial charge in [0.05, 0.1) is 0 Å². The van der Waals surface area contributed by atoms with E-state index in [-0.39, 0.29) is 0 Å². The summed E-state index contributed by atoms with van der Waals surface area (Å²) in [5, 5.41) is 3.57. The van der Waals surface area contributed by atoms with Crippen LogP contribution in [0, 0.1) is 0 Å². The van der Waals surface area contributed by atoms with Crippen LogP contribution < -0.4 is 10.2 Å². The highest BCUT2D eigenvalue weighted by Gasteiger charge is 2.15. The van der Waals surface area contributed by atoms with Gasteiger partial charge in [-0.1, -0.05) is 26.0 Å². The van der Waals surface area contributed by atoms with Gasteiger partial charge in [0.25, 0.3) is 0 Å². The first-order chi connectivity index (χ1) is 9.74. The largest absolute Gasteiger partial charge is 0.374 e. The van der Waals surface area contributed by atoms with Gasteiger partial charge in [0.1, 0.15) is 0 Å². The third-order valence-electron chi connectivity index (χ3n) is 4.32. The molecule has 0 amide bonds. The van der Waals surface area contributed by atoms with E-state index in [1.54, 1.807) is 0 Å². The molecule has 0 spiro atoms. The van der Waals surface area contributed by atoms with E-state index in [1.165, 1.54) is 36.2 Å². The molecule has 0 aromatic heterocycles. The fourth-order valence-electron chi connectivity index (χ4n) is 2.93. The van der Waals surface area contributed by atoms with Crippen molar-refractivity contribution in [2.45, 2.75) is 33.2 Å². The van der Waals surface area contributed by atoms with Crippen LogP contribution in [0.5, 0.6) is 0 Å². The zero-order valence-electron chi connectivity index (χ0n) is 13.3. The van der Waals surface area contributed by atoms with E-state index in [2.05, 4.69) is 54.2 Å². The molecule has 1 aromatic carbocycles. The van der Waals surface area contributed by atoms with Crippen molar-refractivity contribution in [3.8, 4) is 0 Å². The van der Waals surface area contributed by atoms with Crippen molar-refractivity contribution in [2.24, 2.45) is 0 Å². The quantitative estimate of drug-likeness (QED) is 0.735. The summed E-state index contributed by atoms with van der Waals surface area (Å²) < 4.78 is 0. The molecule has 0 saturated heterocycles. The molecule has 3 nitrogen and oxygen atoms in total. The van der Waals surface area contributed by atoms with Crippen LogP contribution >= 0.6 is 0 Å². The lowest BCUT2D eigenvalue weighted by Gasteiger charge is -2.17. The average molecular weight is 275 g/mol. The number of rotatable bonds is 8. The van der Waals surface area contributed by atoms with Gasteiger partial charge in [-0.3, -0.25) is 0 Å². The van der Waals surface area contributed by atoms with Gasteiger partial charge in [-0.2, -0.15) is 0 Å². The van der Waals surface area contributed by atoms with Gasteiger partial charge < -0.3 is 15.1 Å². The number of hydrogen-bond donors (Lipinski definition) is 1. The van der Waals surface area contributed by atoms with Crippen LogP contribution in [0.15, 0.2) is 18.2 Å². The van der Waals surface area contributed by atoms with E-state index in [0.717, 1.165) is 32.7 Å². The van der Waals surface area contributed by atoms with Crippen LogP contribution in [0.25, 0.3) is 0 Å². The van der Waals surface area contributed by atoms with Gasteiger partial charge in [0, 0.05) is 25.8 Å². The first-order valence-electron chi connectivity index (χ1n) is 8.00. The Morgan fingerprint density at radius 1 is 1.25 bits per heavy atom. The molecule has 1 aliphatic heterocycles. The summed E-state index contributed by atoms with van der Waals surface area (Å²) in [4.78, 5) is 4.82. The first-order valence-corrected chi connectivity index (χ1v) is 8.00. The fourth-order valence-corrected chi connectivity index (χ4v) is 2.93. The molecule has 0 fully saturated rings. The summed E-state index contributed by atoms with van der Waals surface area (Å²) in [6.07, 6.45) is 2.43. The van der Waals surface area contributed by atoms with Gasteiger partial charge >= 0.3 is 0 Å². The Bertz CT molecular complexity index is 413. The molecular formula is C17H29N3. The van der Waals surface area contributed by atoms with Gasteiger partial charge in [-0.15, -0.1) is 0 Å². The Kier molecular flexibility index (Phi) is 5.86. The highest BCUT2D eigenvalue weighted by Crippen LogP contribution is 2.27. The van der Waals surface area contributed by atoms with Crippen molar-refractivity contribution in [3.05, 3.63) is 29.3 Å². The molecule has 0 unspecified atom stereocenters. The molecule has 0 saturated carbocycles. The molecule has 1 aliphatic rings. The summed E-state index contributed by atoms with van der Waals surface area (Å²) >= 11 is 0. The summed E-state index contributed by atoms with van der Waals surface area (Å²) in [6.45, 7) is 11.3. The molecule has 3 heteroatoms. The zero-order chi connectivity index (χ0) is 14.4. The predicted octanol–water partition coefficient (Wildman–Crippen LogP) is 2.50. The van der Waals surface area contributed by atoms with Crippen molar-refractivity contribution in [3.63, 3.8) is 0 Å². The van der Waals surface area contributed by atoms with E-state index in [1.807, 2.05) is 0 Å². The van der Waals surface area contributed by atoms with E-state index < -0.39 is 0 Å². The minimum Gasteiger partial charge on any atom is -0.374 e. The Morgan fingerprint density at radius 2 is 2.05 bits per heavy atom. The molecule has 2 rings (SSSR count). The molecule has 0 aliphatic carbocycles.